The molecule has 0 unspecified atom stereocenters. The number of aryl methyl sites for hydroxylation is 1. The molecule has 0 aliphatic heterocycles. The summed E-state index contributed by atoms with van der Waals surface area (Å²) >= 11 is 1.64. The van der Waals surface area contributed by atoms with Crippen LogP contribution in [0.15, 0.2) is 11.7 Å². The van der Waals surface area contributed by atoms with E-state index in [9.17, 15) is 0 Å². The highest BCUT2D eigenvalue weighted by Gasteiger charge is 2.16. The topological polar surface area (TPSA) is 37.8 Å². The SMILES string of the molecule is C#CC(C)(C)Nc1ncnc2c(C)csc12. The zero-order valence-electron chi connectivity index (χ0n) is 9.53. The van der Waals surface area contributed by atoms with E-state index < -0.39 is 5.54 Å². The molecule has 2 aromatic rings. The number of thiophene rings is 1. The van der Waals surface area contributed by atoms with Crippen LogP contribution >= 0.6 is 11.3 Å². The summed E-state index contributed by atoms with van der Waals surface area (Å²) in [7, 11) is 0. The third-order valence-electron chi connectivity index (χ3n) is 2.32. The van der Waals surface area contributed by atoms with Crippen molar-refractivity contribution in [1.29, 1.82) is 0 Å². The molecule has 82 valence electrons. The van der Waals surface area contributed by atoms with Gasteiger partial charge < -0.3 is 5.32 Å². The molecule has 2 heterocycles. The van der Waals surface area contributed by atoms with Gasteiger partial charge in [0.05, 0.1) is 15.8 Å². The maximum Gasteiger partial charge on any atom is 0.148 e. The maximum absolute atomic E-state index is 5.45. The Balaban J connectivity index is 2.50. The molecule has 1 N–H and O–H groups in total. The lowest BCUT2D eigenvalue weighted by atomic mass is 10.1. The summed E-state index contributed by atoms with van der Waals surface area (Å²) in [6.07, 6.45) is 7.02. The van der Waals surface area contributed by atoms with E-state index in [-0.39, 0.29) is 0 Å². The largest absolute Gasteiger partial charge is 0.353 e. The number of nitrogens with zero attached hydrogens (tertiary/aromatic N) is 2. The van der Waals surface area contributed by atoms with Crippen LogP contribution in [0.1, 0.15) is 19.4 Å². The Bertz CT molecular complexity index is 563. The van der Waals surface area contributed by atoms with Gasteiger partial charge in [-0.15, -0.1) is 17.8 Å². The minimum Gasteiger partial charge on any atom is -0.353 e. The molecule has 0 aliphatic rings. The van der Waals surface area contributed by atoms with Gasteiger partial charge in [0.2, 0.25) is 0 Å². The lowest BCUT2D eigenvalue weighted by molar-refractivity contribution is 0.737. The van der Waals surface area contributed by atoms with E-state index >= 15 is 0 Å². The smallest absolute Gasteiger partial charge is 0.148 e. The molecule has 0 saturated heterocycles. The van der Waals surface area contributed by atoms with E-state index in [1.165, 1.54) is 5.56 Å². The molecule has 4 heteroatoms. The van der Waals surface area contributed by atoms with E-state index in [0.29, 0.717) is 0 Å². The van der Waals surface area contributed by atoms with Crippen molar-refractivity contribution < 1.29 is 0 Å². The van der Waals surface area contributed by atoms with Gasteiger partial charge in [0.15, 0.2) is 0 Å². The van der Waals surface area contributed by atoms with E-state index in [4.69, 9.17) is 6.42 Å². The van der Waals surface area contributed by atoms with E-state index in [1.54, 1.807) is 17.7 Å². The van der Waals surface area contributed by atoms with Crippen LogP contribution in [-0.2, 0) is 0 Å². The molecule has 0 amide bonds. The molecule has 16 heavy (non-hydrogen) atoms. The van der Waals surface area contributed by atoms with Gasteiger partial charge in [-0.2, -0.15) is 0 Å². The molecule has 3 nitrogen and oxygen atoms in total. The molecule has 0 fully saturated rings. The molecule has 0 bridgehead atoms. The second-order valence-electron chi connectivity index (χ2n) is 4.21. The van der Waals surface area contributed by atoms with E-state index in [2.05, 4.69) is 26.6 Å². The van der Waals surface area contributed by atoms with E-state index in [1.807, 2.05) is 20.8 Å². The van der Waals surface area contributed by atoms with Crippen LogP contribution in [0.4, 0.5) is 5.82 Å². The van der Waals surface area contributed by atoms with Crippen LogP contribution in [0.3, 0.4) is 0 Å². The summed E-state index contributed by atoms with van der Waals surface area (Å²) in [5, 5.41) is 5.32. The fourth-order valence-corrected chi connectivity index (χ4v) is 2.34. The van der Waals surface area contributed by atoms with Gasteiger partial charge in [-0.3, -0.25) is 0 Å². The maximum atomic E-state index is 5.45. The number of hydrogen-bond donors (Lipinski definition) is 1. The van der Waals surface area contributed by atoms with Crippen molar-refractivity contribution in [3.05, 3.63) is 17.3 Å². The van der Waals surface area contributed by atoms with Crippen molar-refractivity contribution in [2.24, 2.45) is 0 Å². The van der Waals surface area contributed by atoms with E-state index in [0.717, 1.165) is 16.0 Å². The predicted octanol–water partition coefficient (Wildman–Crippen LogP) is 2.82. The zero-order valence-corrected chi connectivity index (χ0v) is 10.4. The van der Waals surface area contributed by atoms with Gasteiger partial charge in [-0.05, 0) is 31.7 Å². The summed E-state index contributed by atoms with van der Waals surface area (Å²) in [6.45, 7) is 5.94. The quantitative estimate of drug-likeness (QED) is 0.808. The number of anilines is 1. The number of hydrogen-bond acceptors (Lipinski definition) is 4. The molecular weight excluding hydrogens is 218 g/mol. The number of nitrogens with one attached hydrogen (secondary N) is 1. The first-order valence-corrected chi connectivity index (χ1v) is 5.86. The monoisotopic (exact) mass is 231 g/mol. The van der Waals surface area contributed by atoms with Crippen LogP contribution in [0, 0.1) is 19.3 Å². The number of fused-ring (bicyclic) bond motifs is 1. The minimum absolute atomic E-state index is 0.404. The summed E-state index contributed by atoms with van der Waals surface area (Å²) in [6, 6.07) is 0. The third-order valence-corrected chi connectivity index (χ3v) is 3.42. The molecular formula is C12H13N3S. The van der Waals surface area contributed by atoms with Crippen molar-refractivity contribution in [3.63, 3.8) is 0 Å². The fraction of sp³-hybridized carbons (Fsp3) is 0.333. The Hall–Kier alpha value is -1.60. The van der Waals surface area contributed by atoms with Crippen molar-refractivity contribution in [2.75, 3.05) is 5.32 Å². The molecule has 2 rings (SSSR count). The molecule has 0 saturated carbocycles. The molecule has 0 spiro atoms. The fourth-order valence-electron chi connectivity index (χ4n) is 1.39. The molecule has 0 aliphatic carbocycles. The van der Waals surface area contributed by atoms with Gasteiger partial charge in [0.1, 0.15) is 12.1 Å². The lowest BCUT2D eigenvalue weighted by Gasteiger charge is -2.20. The van der Waals surface area contributed by atoms with Gasteiger partial charge in [0.25, 0.3) is 0 Å². The molecule has 0 atom stereocenters. The Morgan fingerprint density at radius 1 is 1.44 bits per heavy atom. The predicted molar refractivity (Wildman–Crippen MR) is 68.7 cm³/mol. The van der Waals surface area contributed by atoms with Crippen LogP contribution in [-0.4, -0.2) is 15.5 Å². The first-order valence-electron chi connectivity index (χ1n) is 4.98. The summed E-state index contributed by atoms with van der Waals surface area (Å²) in [4.78, 5) is 8.51. The highest BCUT2D eigenvalue weighted by atomic mass is 32.1. The molecule has 2 aromatic heterocycles. The second-order valence-corrected chi connectivity index (χ2v) is 5.09. The Morgan fingerprint density at radius 2 is 2.19 bits per heavy atom. The lowest BCUT2D eigenvalue weighted by Crippen LogP contribution is -2.29. The summed E-state index contributed by atoms with van der Waals surface area (Å²) in [5.41, 5.74) is 1.76. The highest BCUT2D eigenvalue weighted by Crippen LogP contribution is 2.29. The Labute approximate surface area is 98.9 Å². The average molecular weight is 231 g/mol. The number of terminal acetylenes is 1. The van der Waals surface area contributed by atoms with Crippen LogP contribution in [0.2, 0.25) is 0 Å². The number of rotatable bonds is 2. The first-order chi connectivity index (χ1) is 7.53. The van der Waals surface area contributed by atoms with Crippen molar-refractivity contribution in [2.45, 2.75) is 26.3 Å². The second kappa shape index (κ2) is 3.76. The first kappa shape index (κ1) is 10.9. The minimum atomic E-state index is -0.404. The molecule has 0 aromatic carbocycles. The van der Waals surface area contributed by atoms with Crippen LogP contribution in [0.25, 0.3) is 10.2 Å². The standard InChI is InChI=1S/C12H13N3S/c1-5-12(3,4)15-11-10-9(13-7-14-11)8(2)6-16-10/h1,6-7H,2-4H3,(H,13,14,15). The Kier molecular flexibility index (Phi) is 2.56. The Morgan fingerprint density at radius 3 is 2.88 bits per heavy atom. The van der Waals surface area contributed by atoms with Crippen molar-refractivity contribution in [1.82, 2.24) is 9.97 Å². The third kappa shape index (κ3) is 1.86. The zero-order chi connectivity index (χ0) is 11.8. The van der Waals surface area contributed by atoms with Gasteiger partial charge in [0, 0.05) is 0 Å². The highest BCUT2D eigenvalue weighted by molar-refractivity contribution is 7.18. The van der Waals surface area contributed by atoms with Gasteiger partial charge in [-0.25, -0.2) is 9.97 Å². The van der Waals surface area contributed by atoms with Gasteiger partial charge >= 0.3 is 0 Å². The van der Waals surface area contributed by atoms with Crippen molar-refractivity contribution in [3.8, 4) is 12.3 Å². The van der Waals surface area contributed by atoms with Crippen LogP contribution in [0.5, 0.6) is 0 Å². The number of aromatic nitrogens is 2. The summed E-state index contributed by atoms with van der Waals surface area (Å²) < 4.78 is 1.06. The van der Waals surface area contributed by atoms with Crippen LogP contribution < -0.4 is 5.32 Å². The average Bonchev–Trinajstić information content (AvgIpc) is 2.62. The van der Waals surface area contributed by atoms with Crippen molar-refractivity contribution >= 4 is 27.4 Å². The molecule has 0 radical (unpaired) electrons. The van der Waals surface area contributed by atoms with Gasteiger partial charge in [-0.1, -0.05) is 5.92 Å². The normalized spacial score (nSPS) is 11.4. The summed E-state index contributed by atoms with van der Waals surface area (Å²) in [5.74, 6) is 3.51.